The van der Waals surface area contributed by atoms with Crippen molar-refractivity contribution >= 4 is 22.6 Å². The number of hydrogen-bond donors (Lipinski definition) is 1. The third-order valence-electron chi connectivity index (χ3n) is 3.13. The molecule has 0 aliphatic rings. The average Bonchev–Trinajstić information content (AvgIpc) is 2.22. The maximum atomic E-state index is 9.52. The maximum absolute atomic E-state index is 9.52. The summed E-state index contributed by atoms with van der Waals surface area (Å²) in [6, 6.07) is 5.95. The van der Waals surface area contributed by atoms with Gasteiger partial charge in [0.2, 0.25) is 0 Å². The van der Waals surface area contributed by atoms with Gasteiger partial charge >= 0.3 is 0 Å². The highest BCUT2D eigenvalue weighted by Gasteiger charge is 2.20. The molecular formula is C14H21IO. The second-order valence-corrected chi connectivity index (χ2v) is 6.17. The summed E-state index contributed by atoms with van der Waals surface area (Å²) in [6.07, 6.45) is 5.06. The van der Waals surface area contributed by atoms with Crippen LogP contribution < -0.4 is 0 Å². The Hall–Kier alpha value is -0.250. The molecule has 0 fully saturated rings. The van der Waals surface area contributed by atoms with E-state index in [9.17, 15) is 5.11 Å². The minimum Gasteiger partial charge on any atom is -0.507 e. The molecule has 0 aliphatic heterocycles. The van der Waals surface area contributed by atoms with Crippen LogP contribution in [0.3, 0.4) is 0 Å². The molecule has 1 aromatic carbocycles. The first kappa shape index (κ1) is 13.8. The van der Waals surface area contributed by atoms with Crippen LogP contribution in [0.25, 0.3) is 0 Å². The summed E-state index contributed by atoms with van der Waals surface area (Å²) in [4.78, 5) is 0. The van der Waals surface area contributed by atoms with Crippen LogP contribution in [0.2, 0.25) is 0 Å². The van der Waals surface area contributed by atoms with Gasteiger partial charge < -0.3 is 5.11 Å². The fraction of sp³-hybridized carbons (Fsp3) is 0.571. The largest absolute Gasteiger partial charge is 0.507 e. The van der Waals surface area contributed by atoms with E-state index >= 15 is 0 Å². The van der Waals surface area contributed by atoms with Gasteiger partial charge in [0.1, 0.15) is 5.75 Å². The predicted molar refractivity (Wildman–Crippen MR) is 78.0 cm³/mol. The van der Waals surface area contributed by atoms with Crippen molar-refractivity contribution in [2.24, 2.45) is 0 Å². The molecule has 90 valence electrons. The summed E-state index contributed by atoms with van der Waals surface area (Å²) in [5.74, 6) is 0.383. The van der Waals surface area contributed by atoms with Gasteiger partial charge in [-0.05, 0) is 52.1 Å². The highest BCUT2D eigenvalue weighted by Crippen LogP contribution is 2.32. The van der Waals surface area contributed by atoms with Gasteiger partial charge in [-0.25, -0.2) is 0 Å². The van der Waals surface area contributed by atoms with Gasteiger partial charge in [0.05, 0.1) is 3.57 Å². The molecular weight excluding hydrogens is 311 g/mol. The Kier molecular flexibility index (Phi) is 5.09. The van der Waals surface area contributed by atoms with Crippen molar-refractivity contribution in [1.82, 2.24) is 0 Å². The summed E-state index contributed by atoms with van der Waals surface area (Å²) < 4.78 is 0.943. The maximum Gasteiger partial charge on any atom is 0.128 e. The molecule has 0 atom stereocenters. The number of aromatic hydroxyl groups is 1. The van der Waals surface area contributed by atoms with Crippen LogP contribution in [0.5, 0.6) is 5.75 Å². The van der Waals surface area contributed by atoms with E-state index in [1.54, 1.807) is 6.07 Å². The molecule has 0 saturated heterocycles. The molecule has 16 heavy (non-hydrogen) atoms. The fourth-order valence-corrected chi connectivity index (χ4v) is 2.40. The quantitative estimate of drug-likeness (QED) is 0.603. The molecule has 0 saturated carbocycles. The van der Waals surface area contributed by atoms with Gasteiger partial charge in [-0.15, -0.1) is 0 Å². The summed E-state index contributed by atoms with van der Waals surface area (Å²) in [5, 5.41) is 9.52. The van der Waals surface area contributed by atoms with E-state index in [-0.39, 0.29) is 5.41 Å². The number of phenols is 1. The number of phenolic OH excluding ortho intramolecular Hbond substituents is 1. The van der Waals surface area contributed by atoms with Gasteiger partial charge in [-0.3, -0.25) is 0 Å². The van der Waals surface area contributed by atoms with Crippen molar-refractivity contribution in [3.8, 4) is 5.75 Å². The Bertz CT molecular complexity index is 345. The van der Waals surface area contributed by atoms with E-state index in [4.69, 9.17) is 0 Å². The molecule has 0 bridgehead atoms. The van der Waals surface area contributed by atoms with Crippen LogP contribution in [-0.4, -0.2) is 5.11 Å². The summed E-state index contributed by atoms with van der Waals surface area (Å²) in [7, 11) is 0. The molecule has 1 rings (SSSR count). The Labute approximate surface area is 112 Å². The summed E-state index contributed by atoms with van der Waals surface area (Å²) in [6.45, 7) is 6.80. The second kappa shape index (κ2) is 5.89. The molecule has 0 heterocycles. The van der Waals surface area contributed by atoms with Crippen LogP contribution >= 0.6 is 22.6 Å². The first-order valence-electron chi connectivity index (χ1n) is 5.96. The number of halogens is 1. The molecule has 0 amide bonds. The van der Waals surface area contributed by atoms with Crippen molar-refractivity contribution in [3.63, 3.8) is 0 Å². The van der Waals surface area contributed by atoms with Crippen molar-refractivity contribution in [2.45, 2.75) is 51.9 Å². The molecule has 0 spiro atoms. The van der Waals surface area contributed by atoms with Crippen molar-refractivity contribution in [3.05, 3.63) is 27.3 Å². The molecule has 1 aromatic rings. The third-order valence-corrected chi connectivity index (χ3v) is 4.00. The Morgan fingerprint density at radius 2 is 1.94 bits per heavy atom. The highest BCUT2D eigenvalue weighted by molar-refractivity contribution is 14.1. The van der Waals surface area contributed by atoms with E-state index < -0.39 is 0 Å². The molecule has 0 aliphatic carbocycles. The molecule has 0 unspecified atom stereocenters. The lowest BCUT2D eigenvalue weighted by Gasteiger charge is -2.25. The van der Waals surface area contributed by atoms with Gasteiger partial charge in [0, 0.05) is 0 Å². The lowest BCUT2D eigenvalue weighted by molar-refractivity contribution is 0.445. The van der Waals surface area contributed by atoms with Crippen LogP contribution in [0.4, 0.5) is 0 Å². The topological polar surface area (TPSA) is 20.2 Å². The Balaban J connectivity index is 2.76. The minimum atomic E-state index is 0.211. The summed E-state index contributed by atoms with van der Waals surface area (Å²) in [5.41, 5.74) is 1.54. The van der Waals surface area contributed by atoms with Gasteiger partial charge in [-0.1, -0.05) is 46.1 Å². The fourth-order valence-electron chi connectivity index (χ4n) is 1.89. The first-order chi connectivity index (χ1) is 7.47. The van der Waals surface area contributed by atoms with E-state index in [1.807, 2.05) is 6.07 Å². The lowest BCUT2D eigenvalue weighted by Crippen LogP contribution is -2.17. The molecule has 0 aromatic heterocycles. The van der Waals surface area contributed by atoms with Crippen LogP contribution in [0.1, 0.15) is 52.0 Å². The van der Waals surface area contributed by atoms with Crippen molar-refractivity contribution in [1.29, 1.82) is 0 Å². The molecule has 1 nitrogen and oxygen atoms in total. The monoisotopic (exact) mass is 332 g/mol. The zero-order chi connectivity index (χ0) is 12.2. The van der Waals surface area contributed by atoms with Gasteiger partial charge in [0.15, 0.2) is 0 Å². The molecule has 0 radical (unpaired) electrons. The van der Waals surface area contributed by atoms with Crippen molar-refractivity contribution in [2.75, 3.05) is 0 Å². The SMILES string of the molecule is CCCCCC(C)(C)c1ccc(O)c(I)c1. The standard InChI is InChI=1S/C14H21IO/c1-4-5-6-9-14(2,3)11-7-8-13(16)12(15)10-11/h7-8,10,16H,4-6,9H2,1-3H3. The van der Waals surface area contributed by atoms with E-state index in [0.29, 0.717) is 5.75 Å². The van der Waals surface area contributed by atoms with Crippen molar-refractivity contribution < 1.29 is 5.11 Å². The average molecular weight is 332 g/mol. The Morgan fingerprint density at radius 3 is 2.50 bits per heavy atom. The minimum absolute atomic E-state index is 0.211. The second-order valence-electron chi connectivity index (χ2n) is 5.01. The van der Waals surface area contributed by atoms with E-state index in [0.717, 1.165) is 3.57 Å². The summed E-state index contributed by atoms with van der Waals surface area (Å²) >= 11 is 2.19. The van der Waals surface area contributed by atoms with Gasteiger partial charge in [0.25, 0.3) is 0 Å². The Morgan fingerprint density at radius 1 is 1.25 bits per heavy atom. The number of rotatable bonds is 5. The number of unbranched alkanes of at least 4 members (excludes halogenated alkanes) is 2. The smallest absolute Gasteiger partial charge is 0.128 e. The molecule has 1 N–H and O–H groups in total. The van der Waals surface area contributed by atoms with E-state index in [1.165, 1.54) is 31.2 Å². The van der Waals surface area contributed by atoms with Crippen LogP contribution in [0, 0.1) is 3.57 Å². The third kappa shape index (κ3) is 3.65. The number of hydrogen-bond acceptors (Lipinski definition) is 1. The normalized spacial score (nSPS) is 11.8. The van der Waals surface area contributed by atoms with Gasteiger partial charge in [-0.2, -0.15) is 0 Å². The lowest BCUT2D eigenvalue weighted by atomic mass is 9.80. The van der Waals surface area contributed by atoms with E-state index in [2.05, 4.69) is 49.4 Å². The molecule has 2 heteroatoms. The zero-order valence-corrected chi connectivity index (χ0v) is 12.5. The van der Waals surface area contributed by atoms with Crippen LogP contribution in [0.15, 0.2) is 18.2 Å². The number of benzene rings is 1. The highest BCUT2D eigenvalue weighted by atomic mass is 127. The first-order valence-corrected chi connectivity index (χ1v) is 7.04. The zero-order valence-electron chi connectivity index (χ0n) is 10.4. The van der Waals surface area contributed by atoms with Crippen LogP contribution in [-0.2, 0) is 5.41 Å². The predicted octanol–water partition coefficient (Wildman–Crippen LogP) is 4.85.